The van der Waals surface area contributed by atoms with Gasteiger partial charge in [0.25, 0.3) is 0 Å². The second-order valence-corrected chi connectivity index (χ2v) is 5.60. The average molecular weight is 264 g/mol. The number of piperidine rings is 1. The number of phenolic OH excluding ortho intramolecular Hbond substituents is 2. The topological polar surface area (TPSA) is 55.7 Å². The second kappa shape index (κ2) is 6.26. The quantitative estimate of drug-likeness (QED) is 0.779. The first-order valence-corrected chi connectivity index (χ1v) is 7.04. The highest BCUT2D eigenvalue weighted by atomic mass is 16.3. The third-order valence-corrected chi connectivity index (χ3v) is 3.91. The molecule has 4 heteroatoms. The number of aromatic hydroxyl groups is 2. The molecular weight excluding hydrogens is 240 g/mol. The summed E-state index contributed by atoms with van der Waals surface area (Å²) in [6.07, 6.45) is 2.30. The molecule has 1 saturated heterocycles. The molecule has 0 spiro atoms. The molecule has 4 nitrogen and oxygen atoms in total. The van der Waals surface area contributed by atoms with Crippen LogP contribution in [0.2, 0.25) is 0 Å². The van der Waals surface area contributed by atoms with Gasteiger partial charge in [-0.05, 0) is 45.8 Å². The summed E-state index contributed by atoms with van der Waals surface area (Å²) in [5, 5.41) is 22.5. The predicted molar refractivity (Wildman–Crippen MR) is 76.3 cm³/mol. The van der Waals surface area contributed by atoms with Gasteiger partial charge >= 0.3 is 0 Å². The first-order valence-electron chi connectivity index (χ1n) is 7.04. The van der Waals surface area contributed by atoms with Gasteiger partial charge in [0.1, 0.15) is 11.5 Å². The summed E-state index contributed by atoms with van der Waals surface area (Å²) in [6, 6.07) is 5.91. The van der Waals surface area contributed by atoms with Crippen molar-refractivity contribution in [1.29, 1.82) is 0 Å². The molecule has 1 aliphatic rings. The van der Waals surface area contributed by atoms with Crippen molar-refractivity contribution >= 4 is 0 Å². The lowest BCUT2D eigenvalue weighted by atomic mass is 10.0. The summed E-state index contributed by atoms with van der Waals surface area (Å²) >= 11 is 0. The third kappa shape index (κ3) is 3.85. The molecule has 0 aromatic heterocycles. The van der Waals surface area contributed by atoms with E-state index < -0.39 is 0 Å². The molecule has 0 bridgehead atoms. The second-order valence-electron chi connectivity index (χ2n) is 5.60. The van der Waals surface area contributed by atoms with E-state index in [4.69, 9.17) is 0 Å². The van der Waals surface area contributed by atoms with Crippen LogP contribution in [0.25, 0.3) is 0 Å². The summed E-state index contributed by atoms with van der Waals surface area (Å²) in [5.74, 6) is 0.263. The fraction of sp³-hybridized carbons (Fsp3) is 0.600. The van der Waals surface area contributed by atoms with Crippen molar-refractivity contribution < 1.29 is 10.2 Å². The van der Waals surface area contributed by atoms with Crippen LogP contribution in [-0.2, 0) is 6.54 Å². The molecule has 2 rings (SSSR count). The Morgan fingerprint density at radius 3 is 2.53 bits per heavy atom. The fourth-order valence-electron chi connectivity index (χ4n) is 2.58. The van der Waals surface area contributed by atoms with Crippen LogP contribution >= 0.6 is 0 Å². The van der Waals surface area contributed by atoms with Crippen LogP contribution in [0, 0.1) is 0 Å². The lowest BCUT2D eigenvalue weighted by molar-refractivity contribution is 0.160. The molecule has 0 unspecified atom stereocenters. The van der Waals surface area contributed by atoms with Crippen molar-refractivity contribution in [3.8, 4) is 11.5 Å². The number of rotatable bonds is 4. The molecule has 19 heavy (non-hydrogen) atoms. The largest absolute Gasteiger partial charge is 0.508 e. The lowest BCUT2D eigenvalue weighted by Crippen LogP contribution is -2.44. The van der Waals surface area contributed by atoms with Crippen LogP contribution in [0.1, 0.15) is 32.3 Å². The standard InChI is InChI=1S/C15H24N2O2/c1-11(2)17-7-5-13(6-8-17)16-10-12-3-4-14(18)9-15(12)19/h3-4,9,11,13,16,18-19H,5-8,10H2,1-2H3. The van der Waals surface area contributed by atoms with Gasteiger partial charge in [-0.1, -0.05) is 6.07 Å². The van der Waals surface area contributed by atoms with E-state index in [0.29, 0.717) is 18.6 Å². The Morgan fingerprint density at radius 2 is 1.95 bits per heavy atom. The molecule has 106 valence electrons. The summed E-state index contributed by atoms with van der Waals surface area (Å²) in [7, 11) is 0. The zero-order valence-electron chi connectivity index (χ0n) is 11.8. The van der Waals surface area contributed by atoms with Gasteiger partial charge in [0.15, 0.2) is 0 Å². The van der Waals surface area contributed by atoms with Crippen LogP contribution < -0.4 is 5.32 Å². The highest BCUT2D eigenvalue weighted by Crippen LogP contribution is 2.23. The maximum absolute atomic E-state index is 9.73. The molecule has 0 aliphatic carbocycles. The Morgan fingerprint density at radius 1 is 1.26 bits per heavy atom. The zero-order valence-corrected chi connectivity index (χ0v) is 11.8. The van der Waals surface area contributed by atoms with Crippen molar-refractivity contribution in [2.75, 3.05) is 13.1 Å². The molecule has 0 radical (unpaired) electrons. The van der Waals surface area contributed by atoms with E-state index in [-0.39, 0.29) is 11.5 Å². The lowest BCUT2D eigenvalue weighted by Gasteiger charge is -2.35. The van der Waals surface area contributed by atoms with Gasteiger partial charge in [0, 0.05) is 30.3 Å². The molecule has 0 amide bonds. The molecule has 3 N–H and O–H groups in total. The van der Waals surface area contributed by atoms with E-state index >= 15 is 0 Å². The summed E-state index contributed by atoms with van der Waals surface area (Å²) in [5.41, 5.74) is 0.837. The Balaban J connectivity index is 1.80. The molecule has 1 aromatic carbocycles. The van der Waals surface area contributed by atoms with Crippen molar-refractivity contribution in [2.24, 2.45) is 0 Å². The summed E-state index contributed by atoms with van der Waals surface area (Å²) < 4.78 is 0. The van der Waals surface area contributed by atoms with Crippen molar-refractivity contribution in [3.05, 3.63) is 23.8 Å². The normalized spacial score (nSPS) is 18.1. The highest BCUT2D eigenvalue weighted by Gasteiger charge is 2.20. The van der Waals surface area contributed by atoms with Crippen molar-refractivity contribution in [1.82, 2.24) is 10.2 Å². The molecule has 0 saturated carbocycles. The number of nitrogens with zero attached hydrogens (tertiary/aromatic N) is 1. The molecule has 1 aromatic rings. The first-order chi connectivity index (χ1) is 9.06. The molecular formula is C15H24N2O2. The predicted octanol–water partition coefficient (Wildman–Crippen LogP) is 2.06. The van der Waals surface area contributed by atoms with Crippen molar-refractivity contribution in [2.45, 2.75) is 45.3 Å². The van der Waals surface area contributed by atoms with E-state index in [1.165, 1.54) is 6.07 Å². The monoisotopic (exact) mass is 264 g/mol. The van der Waals surface area contributed by atoms with Crippen molar-refractivity contribution in [3.63, 3.8) is 0 Å². The Hall–Kier alpha value is -1.26. The number of phenols is 2. The maximum Gasteiger partial charge on any atom is 0.123 e. The van der Waals surface area contributed by atoms with Gasteiger partial charge in [-0.15, -0.1) is 0 Å². The Bertz CT molecular complexity index is 413. The Labute approximate surface area is 115 Å². The smallest absolute Gasteiger partial charge is 0.123 e. The van der Waals surface area contributed by atoms with Gasteiger partial charge in [-0.25, -0.2) is 0 Å². The highest BCUT2D eigenvalue weighted by molar-refractivity contribution is 5.38. The fourth-order valence-corrected chi connectivity index (χ4v) is 2.58. The van der Waals surface area contributed by atoms with Gasteiger partial charge in [-0.3, -0.25) is 0 Å². The van der Waals surface area contributed by atoms with Crippen LogP contribution in [0.15, 0.2) is 18.2 Å². The summed E-state index contributed by atoms with van der Waals surface area (Å²) in [4.78, 5) is 2.50. The van der Waals surface area contributed by atoms with Gasteiger partial charge in [0.2, 0.25) is 0 Å². The third-order valence-electron chi connectivity index (χ3n) is 3.91. The van der Waals surface area contributed by atoms with Gasteiger partial charge in [0.05, 0.1) is 0 Å². The number of hydrogen-bond donors (Lipinski definition) is 3. The minimum atomic E-state index is 0.103. The zero-order chi connectivity index (χ0) is 13.8. The average Bonchev–Trinajstić information content (AvgIpc) is 2.38. The molecule has 1 fully saturated rings. The van der Waals surface area contributed by atoms with Crippen LogP contribution in [0.5, 0.6) is 11.5 Å². The van der Waals surface area contributed by atoms with Crippen LogP contribution in [0.4, 0.5) is 0 Å². The van der Waals surface area contributed by atoms with E-state index in [2.05, 4.69) is 24.1 Å². The number of nitrogens with one attached hydrogen (secondary N) is 1. The first kappa shape index (κ1) is 14.2. The van der Waals surface area contributed by atoms with E-state index in [1.54, 1.807) is 12.1 Å². The number of benzene rings is 1. The van der Waals surface area contributed by atoms with Crippen LogP contribution in [0.3, 0.4) is 0 Å². The molecule has 1 aliphatic heterocycles. The number of hydrogen-bond acceptors (Lipinski definition) is 4. The number of likely N-dealkylation sites (tertiary alicyclic amines) is 1. The van der Waals surface area contributed by atoms with Gasteiger partial charge < -0.3 is 20.4 Å². The van der Waals surface area contributed by atoms with Gasteiger partial charge in [-0.2, -0.15) is 0 Å². The van der Waals surface area contributed by atoms with Crippen LogP contribution in [-0.4, -0.2) is 40.3 Å². The van der Waals surface area contributed by atoms with E-state index in [0.717, 1.165) is 31.5 Å². The summed E-state index contributed by atoms with van der Waals surface area (Å²) in [6.45, 7) is 7.40. The minimum absolute atomic E-state index is 0.103. The molecule has 0 atom stereocenters. The minimum Gasteiger partial charge on any atom is -0.508 e. The van der Waals surface area contributed by atoms with E-state index in [9.17, 15) is 10.2 Å². The maximum atomic E-state index is 9.73. The Kier molecular flexibility index (Phi) is 4.66. The molecule has 1 heterocycles. The SMILES string of the molecule is CC(C)N1CCC(NCc2ccc(O)cc2O)CC1. The van der Waals surface area contributed by atoms with E-state index in [1.807, 2.05) is 0 Å².